The van der Waals surface area contributed by atoms with Gasteiger partial charge in [0.15, 0.2) is 5.78 Å². The molecule has 60 valence electrons. The van der Waals surface area contributed by atoms with E-state index in [1.165, 1.54) is 4.80 Å². The summed E-state index contributed by atoms with van der Waals surface area (Å²) in [6.07, 6.45) is 3.89. The van der Waals surface area contributed by atoms with Gasteiger partial charge in [0, 0.05) is 0 Å². The summed E-state index contributed by atoms with van der Waals surface area (Å²) < 4.78 is 0. The zero-order valence-electron chi connectivity index (χ0n) is 6.69. The van der Waals surface area contributed by atoms with Gasteiger partial charge in [-0.2, -0.15) is 15.0 Å². The normalized spacial score (nSPS) is 12.9. The van der Waals surface area contributed by atoms with Crippen molar-refractivity contribution in [3.05, 3.63) is 12.4 Å². The summed E-state index contributed by atoms with van der Waals surface area (Å²) in [6.45, 7) is 3.49. The molecule has 0 N–H and O–H groups in total. The fourth-order valence-electron chi connectivity index (χ4n) is 1.00. The smallest absolute Gasteiger partial charge is 0.156 e. The molecule has 4 nitrogen and oxygen atoms in total. The van der Waals surface area contributed by atoms with E-state index in [-0.39, 0.29) is 11.8 Å². The van der Waals surface area contributed by atoms with E-state index in [1.807, 2.05) is 6.92 Å². The lowest BCUT2D eigenvalue weighted by Gasteiger charge is -2.08. The summed E-state index contributed by atoms with van der Waals surface area (Å²) in [5, 5.41) is 7.79. The first-order chi connectivity index (χ1) is 5.25. The fraction of sp³-hybridized carbons (Fsp3) is 0.571. The fourth-order valence-corrected chi connectivity index (χ4v) is 1.00. The molecule has 1 atom stereocenters. The number of hydrogen-bond donors (Lipinski definition) is 0. The van der Waals surface area contributed by atoms with Gasteiger partial charge in [0.2, 0.25) is 0 Å². The van der Waals surface area contributed by atoms with Crippen LogP contribution in [0.15, 0.2) is 12.4 Å². The van der Waals surface area contributed by atoms with Crippen molar-refractivity contribution < 1.29 is 4.79 Å². The Bertz CT molecular complexity index is 230. The SMILES string of the molecule is CCC(C(C)=O)n1nccn1. The van der Waals surface area contributed by atoms with Gasteiger partial charge in [0.05, 0.1) is 12.4 Å². The maximum absolute atomic E-state index is 11.0. The lowest BCUT2D eigenvalue weighted by atomic mass is 10.2. The second-order valence-corrected chi connectivity index (χ2v) is 2.38. The van der Waals surface area contributed by atoms with Gasteiger partial charge < -0.3 is 0 Å². The Labute approximate surface area is 65.2 Å². The summed E-state index contributed by atoms with van der Waals surface area (Å²) in [6, 6.07) is -0.190. The van der Waals surface area contributed by atoms with Crippen molar-refractivity contribution in [1.82, 2.24) is 15.0 Å². The van der Waals surface area contributed by atoms with Crippen LogP contribution in [0.25, 0.3) is 0 Å². The van der Waals surface area contributed by atoms with E-state index in [1.54, 1.807) is 19.3 Å². The predicted molar refractivity (Wildman–Crippen MR) is 40.0 cm³/mol. The quantitative estimate of drug-likeness (QED) is 0.645. The number of carbonyl (C=O) groups excluding carboxylic acids is 1. The molecule has 0 saturated carbocycles. The molecular formula is C7H11N3O. The highest BCUT2D eigenvalue weighted by atomic mass is 16.1. The zero-order chi connectivity index (χ0) is 8.27. The van der Waals surface area contributed by atoms with Crippen molar-refractivity contribution >= 4 is 5.78 Å². The molecule has 0 aliphatic heterocycles. The number of rotatable bonds is 3. The van der Waals surface area contributed by atoms with Crippen LogP contribution < -0.4 is 0 Å². The van der Waals surface area contributed by atoms with E-state index in [0.29, 0.717) is 0 Å². The van der Waals surface area contributed by atoms with E-state index in [2.05, 4.69) is 10.2 Å². The Morgan fingerprint density at radius 3 is 2.45 bits per heavy atom. The maximum Gasteiger partial charge on any atom is 0.156 e. The first-order valence-electron chi connectivity index (χ1n) is 3.62. The Hall–Kier alpha value is -1.19. The molecule has 11 heavy (non-hydrogen) atoms. The van der Waals surface area contributed by atoms with Gasteiger partial charge in [-0.05, 0) is 13.3 Å². The van der Waals surface area contributed by atoms with Crippen molar-refractivity contribution in [2.45, 2.75) is 26.3 Å². The number of nitrogens with zero attached hydrogens (tertiary/aromatic N) is 3. The predicted octanol–water partition coefficient (Wildman–Crippen LogP) is 0.818. The van der Waals surface area contributed by atoms with Crippen molar-refractivity contribution in [3.63, 3.8) is 0 Å². The molecule has 0 bridgehead atoms. The van der Waals surface area contributed by atoms with E-state index in [0.717, 1.165) is 6.42 Å². The molecule has 1 aromatic rings. The second kappa shape index (κ2) is 3.27. The molecule has 0 amide bonds. The largest absolute Gasteiger partial charge is 0.298 e. The molecule has 0 aliphatic carbocycles. The van der Waals surface area contributed by atoms with Crippen molar-refractivity contribution in [2.24, 2.45) is 0 Å². The highest BCUT2D eigenvalue weighted by molar-refractivity contribution is 5.79. The highest BCUT2D eigenvalue weighted by Gasteiger charge is 2.14. The Balaban J connectivity index is 2.79. The van der Waals surface area contributed by atoms with Gasteiger partial charge in [-0.15, -0.1) is 0 Å². The average Bonchev–Trinajstić information content (AvgIpc) is 2.40. The Morgan fingerprint density at radius 1 is 1.55 bits per heavy atom. The molecular weight excluding hydrogens is 142 g/mol. The summed E-state index contributed by atoms with van der Waals surface area (Å²) in [7, 11) is 0. The van der Waals surface area contributed by atoms with Gasteiger partial charge in [-0.25, -0.2) is 0 Å². The molecule has 4 heteroatoms. The molecule has 1 aromatic heterocycles. The van der Waals surface area contributed by atoms with E-state index < -0.39 is 0 Å². The monoisotopic (exact) mass is 153 g/mol. The van der Waals surface area contributed by atoms with Gasteiger partial charge in [-0.3, -0.25) is 4.79 Å². The molecule has 0 aromatic carbocycles. The Morgan fingerprint density at radius 2 is 2.09 bits per heavy atom. The molecule has 0 spiro atoms. The third kappa shape index (κ3) is 1.63. The minimum Gasteiger partial charge on any atom is -0.298 e. The summed E-state index contributed by atoms with van der Waals surface area (Å²) in [4.78, 5) is 12.4. The minimum atomic E-state index is -0.190. The Kier molecular flexibility index (Phi) is 2.36. The van der Waals surface area contributed by atoms with Crippen LogP contribution in [0, 0.1) is 0 Å². The van der Waals surface area contributed by atoms with E-state index in [4.69, 9.17) is 0 Å². The maximum atomic E-state index is 11.0. The second-order valence-electron chi connectivity index (χ2n) is 2.38. The van der Waals surface area contributed by atoms with Crippen LogP contribution in [0.4, 0.5) is 0 Å². The number of carbonyl (C=O) groups is 1. The van der Waals surface area contributed by atoms with Crippen LogP contribution in [0.1, 0.15) is 26.3 Å². The minimum absolute atomic E-state index is 0.101. The van der Waals surface area contributed by atoms with Gasteiger partial charge >= 0.3 is 0 Å². The molecule has 0 fully saturated rings. The van der Waals surface area contributed by atoms with Crippen molar-refractivity contribution in [3.8, 4) is 0 Å². The topological polar surface area (TPSA) is 47.8 Å². The number of aromatic nitrogens is 3. The van der Waals surface area contributed by atoms with Gasteiger partial charge in [0.25, 0.3) is 0 Å². The molecule has 0 radical (unpaired) electrons. The van der Waals surface area contributed by atoms with E-state index >= 15 is 0 Å². The standard InChI is InChI=1S/C7H11N3O/c1-3-7(6(2)11)10-8-4-5-9-10/h4-5,7H,3H2,1-2H3. The number of Topliss-reactive ketones (excluding diaryl/α,β-unsaturated/α-hetero) is 1. The third-order valence-corrected chi connectivity index (χ3v) is 1.57. The van der Waals surface area contributed by atoms with Crippen LogP contribution in [-0.2, 0) is 4.79 Å². The lowest BCUT2D eigenvalue weighted by molar-refractivity contribution is -0.120. The average molecular weight is 153 g/mol. The lowest BCUT2D eigenvalue weighted by Crippen LogP contribution is -2.18. The zero-order valence-corrected chi connectivity index (χ0v) is 6.69. The first kappa shape index (κ1) is 7.91. The van der Waals surface area contributed by atoms with Crippen LogP contribution in [0.2, 0.25) is 0 Å². The van der Waals surface area contributed by atoms with Gasteiger partial charge in [-0.1, -0.05) is 6.92 Å². The molecule has 1 heterocycles. The summed E-state index contributed by atoms with van der Waals surface area (Å²) >= 11 is 0. The van der Waals surface area contributed by atoms with Crippen LogP contribution in [0.5, 0.6) is 0 Å². The third-order valence-electron chi connectivity index (χ3n) is 1.57. The highest BCUT2D eigenvalue weighted by Crippen LogP contribution is 2.07. The van der Waals surface area contributed by atoms with Crippen molar-refractivity contribution in [2.75, 3.05) is 0 Å². The molecule has 1 unspecified atom stereocenters. The molecule has 0 aliphatic rings. The summed E-state index contributed by atoms with van der Waals surface area (Å²) in [5.74, 6) is 0.101. The first-order valence-corrected chi connectivity index (χ1v) is 3.62. The van der Waals surface area contributed by atoms with Crippen LogP contribution in [0.3, 0.4) is 0 Å². The summed E-state index contributed by atoms with van der Waals surface area (Å²) in [5.41, 5.74) is 0. The van der Waals surface area contributed by atoms with Crippen molar-refractivity contribution in [1.29, 1.82) is 0 Å². The molecule has 0 saturated heterocycles. The number of hydrogen-bond acceptors (Lipinski definition) is 3. The van der Waals surface area contributed by atoms with Gasteiger partial charge in [0.1, 0.15) is 6.04 Å². The molecule has 1 rings (SSSR count). The van der Waals surface area contributed by atoms with Crippen LogP contribution in [-0.4, -0.2) is 20.8 Å². The van der Waals surface area contributed by atoms with E-state index in [9.17, 15) is 4.79 Å². The van der Waals surface area contributed by atoms with Crippen LogP contribution >= 0.6 is 0 Å². The number of ketones is 1.